The van der Waals surface area contributed by atoms with Crippen LogP contribution in [0.5, 0.6) is 0 Å². The van der Waals surface area contributed by atoms with Crippen LogP contribution in [0.4, 0.5) is 15.8 Å². The first kappa shape index (κ1) is 12.8. The summed E-state index contributed by atoms with van der Waals surface area (Å²) >= 11 is 0. The molecule has 0 aliphatic heterocycles. The minimum absolute atomic E-state index is 0.145. The van der Waals surface area contributed by atoms with Crippen LogP contribution in [-0.4, -0.2) is 29.9 Å². The molecule has 1 aromatic carbocycles. The van der Waals surface area contributed by atoms with Gasteiger partial charge in [0.25, 0.3) is 0 Å². The summed E-state index contributed by atoms with van der Waals surface area (Å²) in [5.74, 6) is -0.666. The number of carbonyl (C=O) groups excluding carboxylic acids is 1. The summed E-state index contributed by atoms with van der Waals surface area (Å²) in [6.07, 6.45) is 2.29. The zero-order valence-electron chi connectivity index (χ0n) is 10.4. The van der Waals surface area contributed by atoms with Crippen LogP contribution in [0.15, 0.2) is 18.2 Å². The summed E-state index contributed by atoms with van der Waals surface area (Å²) < 4.78 is 13.4. The number of nitrogens with two attached hydrogens (primary N) is 1. The van der Waals surface area contributed by atoms with E-state index in [-0.39, 0.29) is 11.6 Å². The van der Waals surface area contributed by atoms with Crippen molar-refractivity contribution in [3.8, 4) is 0 Å². The number of benzene rings is 1. The number of likely N-dealkylation sites (N-methyl/N-ethyl adjacent to an activating group) is 1. The Labute approximate surface area is 106 Å². The molecular weight excluding hydrogens is 233 g/mol. The predicted octanol–water partition coefficient (Wildman–Crippen LogP) is 1.83. The molecule has 5 heteroatoms. The van der Waals surface area contributed by atoms with E-state index in [0.29, 0.717) is 18.3 Å². The number of anilines is 2. The maximum Gasteiger partial charge on any atom is 0.238 e. The van der Waals surface area contributed by atoms with Gasteiger partial charge < -0.3 is 11.1 Å². The smallest absolute Gasteiger partial charge is 0.238 e. The Bertz CT molecular complexity index is 446. The molecule has 18 heavy (non-hydrogen) atoms. The molecule has 0 atom stereocenters. The first-order chi connectivity index (χ1) is 8.60. The van der Waals surface area contributed by atoms with Crippen molar-refractivity contribution in [2.75, 3.05) is 24.1 Å². The number of nitrogen functional groups attached to an aromatic ring is 1. The molecule has 2 rings (SSSR count). The maximum absolute atomic E-state index is 13.4. The zero-order valence-corrected chi connectivity index (χ0v) is 10.4. The van der Waals surface area contributed by atoms with Gasteiger partial charge in [-0.05, 0) is 37.6 Å². The highest BCUT2D eigenvalue weighted by Gasteiger charge is 2.29. The van der Waals surface area contributed by atoms with Gasteiger partial charge in [-0.1, -0.05) is 6.92 Å². The number of amides is 1. The lowest BCUT2D eigenvalue weighted by atomic mass is 10.2. The van der Waals surface area contributed by atoms with Crippen LogP contribution in [0.3, 0.4) is 0 Å². The first-order valence-electron chi connectivity index (χ1n) is 6.19. The molecule has 0 saturated heterocycles. The van der Waals surface area contributed by atoms with Crippen LogP contribution in [0, 0.1) is 5.82 Å². The quantitative estimate of drug-likeness (QED) is 0.785. The minimum Gasteiger partial charge on any atom is -0.399 e. The number of halogens is 1. The van der Waals surface area contributed by atoms with E-state index in [9.17, 15) is 9.18 Å². The van der Waals surface area contributed by atoms with Gasteiger partial charge in [-0.3, -0.25) is 9.69 Å². The minimum atomic E-state index is -0.466. The van der Waals surface area contributed by atoms with E-state index in [2.05, 4.69) is 10.2 Å². The van der Waals surface area contributed by atoms with Gasteiger partial charge in [0.05, 0.1) is 12.2 Å². The summed E-state index contributed by atoms with van der Waals surface area (Å²) in [6, 6.07) is 4.67. The van der Waals surface area contributed by atoms with Crippen molar-refractivity contribution in [2.24, 2.45) is 0 Å². The van der Waals surface area contributed by atoms with E-state index in [1.54, 1.807) is 0 Å². The molecular formula is C13H18FN3O. The molecule has 0 radical (unpaired) electrons. The highest BCUT2D eigenvalue weighted by atomic mass is 19.1. The van der Waals surface area contributed by atoms with E-state index in [1.165, 1.54) is 18.2 Å². The lowest BCUT2D eigenvalue weighted by Gasteiger charge is -2.19. The largest absolute Gasteiger partial charge is 0.399 e. The first-order valence-corrected chi connectivity index (χ1v) is 6.19. The summed E-state index contributed by atoms with van der Waals surface area (Å²) in [5, 5.41) is 2.56. The zero-order chi connectivity index (χ0) is 13.1. The molecule has 0 bridgehead atoms. The Morgan fingerprint density at radius 2 is 2.28 bits per heavy atom. The van der Waals surface area contributed by atoms with Crippen LogP contribution < -0.4 is 11.1 Å². The van der Waals surface area contributed by atoms with E-state index in [0.717, 1.165) is 19.4 Å². The van der Waals surface area contributed by atoms with Gasteiger partial charge >= 0.3 is 0 Å². The fourth-order valence-electron chi connectivity index (χ4n) is 1.95. The van der Waals surface area contributed by atoms with Crippen LogP contribution in [0.25, 0.3) is 0 Å². The topological polar surface area (TPSA) is 58.4 Å². The second-order valence-corrected chi connectivity index (χ2v) is 4.58. The fourth-order valence-corrected chi connectivity index (χ4v) is 1.95. The molecule has 0 aromatic heterocycles. The molecule has 0 unspecified atom stereocenters. The fraction of sp³-hybridized carbons (Fsp3) is 0.462. The Morgan fingerprint density at radius 3 is 2.89 bits per heavy atom. The van der Waals surface area contributed by atoms with Gasteiger partial charge in [-0.25, -0.2) is 4.39 Å². The molecule has 1 aliphatic carbocycles. The normalized spacial score (nSPS) is 14.8. The second-order valence-electron chi connectivity index (χ2n) is 4.58. The molecule has 1 amide bonds. The van der Waals surface area contributed by atoms with Crippen molar-refractivity contribution >= 4 is 17.3 Å². The number of hydrogen-bond acceptors (Lipinski definition) is 3. The molecule has 1 fully saturated rings. The SMILES string of the molecule is CCN(CC(=O)Nc1cc(N)ccc1F)C1CC1. The van der Waals surface area contributed by atoms with Crippen molar-refractivity contribution in [3.05, 3.63) is 24.0 Å². The molecule has 1 saturated carbocycles. The van der Waals surface area contributed by atoms with Gasteiger partial charge in [-0.15, -0.1) is 0 Å². The third-order valence-electron chi connectivity index (χ3n) is 3.08. The van der Waals surface area contributed by atoms with Crippen molar-refractivity contribution in [3.63, 3.8) is 0 Å². The molecule has 0 spiro atoms. The molecule has 0 heterocycles. The van der Waals surface area contributed by atoms with Crippen LogP contribution in [0.2, 0.25) is 0 Å². The molecule has 98 valence electrons. The Morgan fingerprint density at radius 1 is 1.56 bits per heavy atom. The number of hydrogen-bond donors (Lipinski definition) is 2. The highest BCUT2D eigenvalue weighted by Crippen LogP contribution is 2.26. The van der Waals surface area contributed by atoms with Crippen molar-refractivity contribution < 1.29 is 9.18 Å². The van der Waals surface area contributed by atoms with E-state index < -0.39 is 5.82 Å². The molecule has 1 aliphatic rings. The molecule has 4 nitrogen and oxygen atoms in total. The third kappa shape index (κ3) is 3.20. The Kier molecular flexibility index (Phi) is 3.81. The average molecular weight is 251 g/mol. The van der Waals surface area contributed by atoms with Gasteiger partial charge in [0.2, 0.25) is 5.91 Å². The predicted molar refractivity (Wildman–Crippen MR) is 69.7 cm³/mol. The standard InChI is InChI=1S/C13H18FN3O/c1-2-17(10-4-5-10)8-13(18)16-12-7-9(15)3-6-11(12)14/h3,6-7,10H,2,4-5,8,15H2,1H3,(H,16,18). The maximum atomic E-state index is 13.4. The second kappa shape index (κ2) is 5.35. The van der Waals surface area contributed by atoms with Gasteiger partial charge in [-0.2, -0.15) is 0 Å². The Hall–Kier alpha value is -1.62. The molecule has 1 aromatic rings. The van der Waals surface area contributed by atoms with Crippen LogP contribution in [-0.2, 0) is 4.79 Å². The highest BCUT2D eigenvalue weighted by molar-refractivity contribution is 5.92. The summed E-state index contributed by atoms with van der Waals surface area (Å²) in [4.78, 5) is 13.9. The summed E-state index contributed by atoms with van der Waals surface area (Å²) in [6.45, 7) is 3.15. The number of carbonyl (C=O) groups is 1. The lowest BCUT2D eigenvalue weighted by molar-refractivity contribution is -0.117. The Balaban J connectivity index is 1.95. The van der Waals surface area contributed by atoms with Crippen LogP contribution >= 0.6 is 0 Å². The van der Waals surface area contributed by atoms with Crippen molar-refractivity contribution in [1.82, 2.24) is 4.90 Å². The molecule has 3 N–H and O–H groups in total. The average Bonchev–Trinajstić information content (AvgIpc) is 3.15. The van der Waals surface area contributed by atoms with Gasteiger partial charge in [0, 0.05) is 11.7 Å². The van der Waals surface area contributed by atoms with Crippen molar-refractivity contribution in [1.29, 1.82) is 0 Å². The summed E-state index contributed by atoms with van der Waals surface area (Å²) in [7, 11) is 0. The van der Waals surface area contributed by atoms with Gasteiger partial charge in [0.1, 0.15) is 5.82 Å². The van der Waals surface area contributed by atoms with Crippen LogP contribution in [0.1, 0.15) is 19.8 Å². The van der Waals surface area contributed by atoms with E-state index in [4.69, 9.17) is 5.73 Å². The lowest BCUT2D eigenvalue weighted by Crippen LogP contribution is -2.34. The van der Waals surface area contributed by atoms with Gasteiger partial charge in [0.15, 0.2) is 0 Å². The monoisotopic (exact) mass is 251 g/mol. The number of nitrogens with zero attached hydrogens (tertiary/aromatic N) is 1. The third-order valence-corrected chi connectivity index (χ3v) is 3.08. The summed E-state index contributed by atoms with van der Waals surface area (Å²) in [5.41, 5.74) is 6.14. The van der Waals surface area contributed by atoms with Crippen molar-refractivity contribution in [2.45, 2.75) is 25.8 Å². The van der Waals surface area contributed by atoms with E-state index in [1.807, 2.05) is 6.92 Å². The number of nitrogens with one attached hydrogen (secondary N) is 1. The number of rotatable bonds is 5. The van der Waals surface area contributed by atoms with E-state index >= 15 is 0 Å².